The first-order chi connectivity index (χ1) is 15.9. The molecular weight excluding hydrogens is 472 g/mol. The minimum atomic E-state index is -3.81. The van der Waals surface area contributed by atoms with Gasteiger partial charge < -0.3 is 5.11 Å². The van der Waals surface area contributed by atoms with Crippen molar-refractivity contribution in [3.63, 3.8) is 0 Å². The zero-order valence-corrected chi connectivity index (χ0v) is 20.1. The average molecular weight is 493 g/mol. The average Bonchev–Trinajstić information content (AvgIpc) is 3.24. The Morgan fingerprint density at radius 3 is 2.39 bits per heavy atom. The number of nitrogens with one attached hydrogen (secondary N) is 1. The number of nitrogens with zero attached hydrogens (tertiary/aromatic N) is 1. The van der Waals surface area contributed by atoms with Gasteiger partial charge in [0.15, 0.2) is 4.34 Å². The van der Waals surface area contributed by atoms with Gasteiger partial charge in [0.25, 0.3) is 10.0 Å². The Kier molecular flexibility index (Phi) is 5.74. The summed E-state index contributed by atoms with van der Waals surface area (Å²) in [4.78, 5) is 5.35. The lowest BCUT2D eigenvalue weighted by molar-refractivity contribution is 0.469. The minimum Gasteiger partial charge on any atom is -0.506 e. The molecule has 2 N–H and O–H groups in total. The Labute approximate surface area is 200 Å². The molecule has 5 aromatic rings. The van der Waals surface area contributed by atoms with Crippen molar-refractivity contribution in [2.45, 2.75) is 27.5 Å². The molecule has 0 radical (unpaired) electrons. The Bertz CT molecular complexity index is 1540. The van der Waals surface area contributed by atoms with Crippen LogP contribution in [0.5, 0.6) is 5.75 Å². The summed E-state index contributed by atoms with van der Waals surface area (Å²) in [6, 6.07) is 23.6. The van der Waals surface area contributed by atoms with Crippen LogP contribution in [0.1, 0.15) is 12.5 Å². The maximum absolute atomic E-state index is 13.1. The number of sulfonamides is 1. The van der Waals surface area contributed by atoms with Crippen molar-refractivity contribution < 1.29 is 13.5 Å². The van der Waals surface area contributed by atoms with Crippen molar-refractivity contribution in [1.29, 1.82) is 0 Å². The summed E-state index contributed by atoms with van der Waals surface area (Å²) >= 11 is 2.85. The molecule has 4 aromatic carbocycles. The molecule has 1 heterocycles. The molecule has 0 unspecified atom stereocenters. The third-order valence-electron chi connectivity index (χ3n) is 5.34. The van der Waals surface area contributed by atoms with E-state index in [2.05, 4.69) is 9.71 Å². The van der Waals surface area contributed by atoms with Crippen molar-refractivity contribution in [2.24, 2.45) is 0 Å². The molecular formula is C25H20N2O3S3. The molecule has 1 aromatic heterocycles. The van der Waals surface area contributed by atoms with E-state index in [1.165, 1.54) is 23.1 Å². The molecule has 0 atom stereocenters. The molecule has 5 rings (SSSR count). The number of aromatic hydroxyl groups is 1. The molecule has 5 nitrogen and oxygen atoms in total. The summed E-state index contributed by atoms with van der Waals surface area (Å²) in [6.45, 7) is 2.02. The molecule has 0 saturated carbocycles. The van der Waals surface area contributed by atoms with Crippen LogP contribution in [0.2, 0.25) is 0 Å². The second-order valence-electron chi connectivity index (χ2n) is 7.47. The van der Waals surface area contributed by atoms with Crippen LogP contribution in [-0.2, 0) is 16.4 Å². The van der Waals surface area contributed by atoms with Gasteiger partial charge >= 0.3 is 0 Å². The van der Waals surface area contributed by atoms with E-state index in [0.29, 0.717) is 21.4 Å². The number of phenols is 1. The lowest BCUT2D eigenvalue weighted by Gasteiger charge is -2.14. The molecule has 0 bridgehead atoms. The molecule has 0 aliphatic carbocycles. The van der Waals surface area contributed by atoms with E-state index in [9.17, 15) is 13.5 Å². The van der Waals surface area contributed by atoms with Crippen LogP contribution in [0, 0.1) is 0 Å². The fourth-order valence-corrected chi connectivity index (χ4v) is 6.78. The number of phenolic OH excluding ortho intramolecular Hbond substituents is 1. The van der Waals surface area contributed by atoms with Gasteiger partial charge in [0.1, 0.15) is 5.75 Å². The van der Waals surface area contributed by atoms with Gasteiger partial charge in [-0.2, -0.15) is 0 Å². The second kappa shape index (κ2) is 8.70. The molecule has 33 heavy (non-hydrogen) atoms. The molecule has 8 heteroatoms. The van der Waals surface area contributed by atoms with Crippen LogP contribution in [0.25, 0.3) is 21.0 Å². The van der Waals surface area contributed by atoms with Crippen molar-refractivity contribution in [2.75, 3.05) is 4.72 Å². The lowest BCUT2D eigenvalue weighted by Crippen LogP contribution is -2.13. The van der Waals surface area contributed by atoms with E-state index >= 15 is 0 Å². The van der Waals surface area contributed by atoms with Gasteiger partial charge in [-0.15, -0.1) is 11.3 Å². The normalized spacial score (nSPS) is 11.8. The summed E-state index contributed by atoms with van der Waals surface area (Å²) in [6.07, 6.45) is 0.836. The Morgan fingerprint density at radius 1 is 0.970 bits per heavy atom. The predicted molar refractivity (Wildman–Crippen MR) is 136 cm³/mol. The van der Waals surface area contributed by atoms with Crippen LogP contribution in [0.3, 0.4) is 0 Å². The van der Waals surface area contributed by atoms with E-state index in [1.54, 1.807) is 30.3 Å². The van der Waals surface area contributed by atoms with E-state index in [4.69, 9.17) is 0 Å². The molecule has 0 aliphatic rings. The first-order valence-electron chi connectivity index (χ1n) is 10.3. The summed E-state index contributed by atoms with van der Waals surface area (Å²) in [5.74, 6) is 0.102. The smallest absolute Gasteiger partial charge is 0.261 e. The monoisotopic (exact) mass is 492 g/mol. The highest BCUT2D eigenvalue weighted by molar-refractivity contribution is 8.01. The fraction of sp³-hybridized carbons (Fsp3) is 0.0800. The number of thiazole rings is 1. The van der Waals surface area contributed by atoms with E-state index < -0.39 is 10.0 Å². The third kappa shape index (κ3) is 4.29. The summed E-state index contributed by atoms with van der Waals surface area (Å²) < 4.78 is 30.8. The van der Waals surface area contributed by atoms with Crippen LogP contribution >= 0.6 is 23.1 Å². The zero-order valence-electron chi connectivity index (χ0n) is 17.6. The molecule has 0 saturated heterocycles. The van der Waals surface area contributed by atoms with Crippen molar-refractivity contribution in [1.82, 2.24) is 4.98 Å². The highest BCUT2D eigenvalue weighted by Gasteiger charge is 2.19. The first-order valence-corrected chi connectivity index (χ1v) is 13.5. The van der Waals surface area contributed by atoms with Crippen molar-refractivity contribution in [3.8, 4) is 5.75 Å². The molecule has 0 aliphatic heterocycles. The third-order valence-corrected chi connectivity index (χ3v) is 8.85. The summed E-state index contributed by atoms with van der Waals surface area (Å²) in [5.41, 5.74) is 2.37. The Balaban J connectivity index is 1.57. The van der Waals surface area contributed by atoms with E-state index in [1.807, 2.05) is 55.5 Å². The Morgan fingerprint density at radius 2 is 1.67 bits per heavy atom. The number of aromatic nitrogens is 1. The van der Waals surface area contributed by atoms with E-state index in [-0.39, 0.29) is 10.6 Å². The molecule has 0 fully saturated rings. The topological polar surface area (TPSA) is 79.3 Å². The van der Waals surface area contributed by atoms with E-state index in [0.717, 1.165) is 26.5 Å². The SMILES string of the molecule is CCc1ccc(S(=O)(=O)Nc2cc(Sc3nc4ccccc4s3)c(O)c3ccccc23)cc1. The van der Waals surface area contributed by atoms with Gasteiger partial charge in [-0.25, -0.2) is 13.4 Å². The van der Waals surface area contributed by atoms with Crippen molar-refractivity contribution in [3.05, 3.63) is 84.4 Å². The van der Waals surface area contributed by atoms with Gasteiger partial charge in [-0.3, -0.25) is 4.72 Å². The highest BCUT2D eigenvalue weighted by Crippen LogP contribution is 2.44. The number of aryl methyl sites for hydroxylation is 1. The number of hydrogen-bond acceptors (Lipinski definition) is 6. The van der Waals surface area contributed by atoms with Crippen LogP contribution < -0.4 is 4.72 Å². The fourth-order valence-electron chi connectivity index (χ4n) is 3.59. The van der Waals surface area contributed by atoms with Crippen LogP contribution in [0.4, 0.5) is 5.69 Å². The van der Waals surface area contributed by atoms with Crippen molar-refractivity contribution >= 4 is 59.8 Å². The lowest BCUT2D eigenvalue weighted by atomic mass is 10.1. The standard InChI is InChI=1S/C25H20N2O3S3/c1-2-16-11-13-17(14-12-16)33(29,30)27-21-15-23(24(28)19-8-4-3-7-18(19)21)32-25-26-20-9-5-6-10-22(20)31-25/h3-15,27-28H,2H2,1H3. The van der Waals surface area contributed by atoms with Gasteiger partial charge in [-0.1, -0.05) is 67.2 Å². The predicted octanol–water partition coefficient (Wildman–Crippen LogP) is 6.67. The minimum absolute atomic E-state index is 0.102. The number of rotatable bonds is 6. The largest absolute Gasteiger partial charge is 0.506 e. The maximum atomic E-state index is 13.1. The summed E-state index contributed by atoms with van der Waals surface area (Å²) in [5, 5.41) is 12.2. The van der Waals surface area contributed by atoms with Gasteiger partial charge in [-0.05, 0) is 42.3 Å². The van der Waals surface area contributed by atoms with Gasteiger partial charge in [0.2, 0.25) is 0 Å². The molecule has 0 spiro atoms. The molecule has 166 valence electrons. The number of anilines is 1. The number of hydrogen-bond donors (Lipinski definition) is 2. The maximum Gasteiger partial charge on any atom is 0.261 e. The number of fused-ring (bicyclic) bond motifs is 2. The highest BCUT2D eigenvalue weighted by atomic mass is 32.2. The van der Waals surface area contributed by atoms with Crippen LogP contribution in [-0.4, -0.2) is 18.5 Å². The quantitative estimate of drug-likeness (QED) is 0.259. The second-order valence-corrected chi connectivity index (χ2v) is 11.5. The van der Waals surface area contributed by atoms with Gasteiger partial charge in [0.05, 0.1) is 25.7 Å². The number of para-hydroxylation sites is 1. The number of benzene rings is 4. The van der Waals surface area contributed by atoms with Crippen LogP contribution in [0.15, 0.2) is 93.0 Å². The first kappa shape index (κ1) is 21.8. The zero-order chi connectivity index (χ0) is 23.0. The molecule has 0 amide bonds. The van der Waals surface area contributed by atoms with Gasteiger partial charge in [0, 0.05) is 10.8 Å². The summed E-state index contributed by atoms with van der Waals surface area (Å²) in [7, 11) is -3.81. The Hall–Kier alpha value is -3.07.